The van der Waals surface area contributed by atoms with E-state index < -0.39 is 16.2 Å². The molecule has 0 saturated carbocycles. The second kappa shape index (κ2) is 5.20. The van der Waals surface area contributed by atoms with Gasteiger partial charge in [-0.15, -0.1) is 0 Å². The van der Waals surface area contributed by atoms with Crippen molar-refractivity contribution in [3.63, 3.8) is 0 Å². The third kappa shape index (κ3) is 1.71. The monoisotopic (exact) mass is 434 g/mol. The van der Waals surface area contributed by atoms with Crippen LogP contribution in [0.5, 0.6) is 0 Å². The van der Waals surface area contributed by atoms with E-state index in [-0.39, 0.29) is 23.6 Å². The molecule has 1 fully saturated rings. The number of rotatable bonds is 1. The summed E-state index contributed by atoms with van der Waals surface area (Å²) in [6.45, 7) is 1.75. The number of nitrogens with zero attached hydrogens (tertiary/aromatic N) is 2. The predicted octanol–water partition coefficient (Wildman–Crippen LogP) is 3.89. The molecule has 2 amide bonds. The number of hydrogen-bond donors (Lipinski definition) is 0. The first kappa shape index (κ1) is 16.2. The van der Waals surface area contributed by atoms with Crippen LogP contribution in [0, 0.1) is 18.8 Å². The van der Waals surface area contributed by atoms with Crippen LogP contribution in [0.15, 0.2) is 59.1 Å². The molecule has 2 heterocycles. The van der Waals surface area contributed by atoms with Gasteiger partial charge < -0.3 is 4.52 Å². The van der Waals surface area contributed by atoms with E-state index in [9.17, 15) is 9.59 Å². The number of carbonyl (C=O) groups is 2. The first-order valence-corrected chi connectivity index (χ1v) is 10.0. The van der Waals surface area contributed by atoms with Gasteiger partial charge in [-0.1, -0.05) is 69.6 Å². The fourth-order valence-electron chi connectivity index (χ4n) is 5.36. The van der Waals surface area contributed by atoms with Gasteiger partial charge in [-0.05, 0) is 29.2 Å². The zero-order valence-corrected chi connectivity index (χ0v) is 16.5. The molecule has 5 nitrogen and oxygen atoms in total. The molecule has 0 N–H and O–H groups in total. The molecule has 2 aromatic carbocycles. The Bertz CT molecular complexity index is 1140. The van der Waals surface area contributed by atoms with Gasteiger partial charge in [0.2, 0.25) is 11.8 Å². The Morgan fingerprint density at radius 2 is 1.61 bits per heavy atom. The Kier molecular flexibility index (Phi) is 3.02. The summed E-state index contributed by atoms with van der Waals surface area (Å²) in [6, 6.07) is 17.9. The molecule has 138 valence electrons. The molecule has 28 heavy (non-hydrogen) atoms. The Hall–Kier alpha value is -2.73. The lowest BCUT2D eigenvalue weighted by atomic mass is 9.55. The Labute approximate surface area is 169 Å². The highest BCUT2D eigenvalue weighted by molar-refractivity contribution is 9.09. The average molecular weight is 435 g/mol. The molecule has 0 radical (unpaired) electrons. The average Bonchev–Trinajstić information content (AvgIpc) is 3.24. The lowest BCUT2D eigenvalue weighted by Crippen LogP contribution is -2.50. The molecule has 2 atom stereocenters. The minimum Gasteiger partial charge on any atom is -0.360 e. The van der Waals surface area contributed by atoms with Gasteiger partial charge in [0.25, 0.3) is 0 Å². The summed E-state index contributed by atoms with van der Waals surface area (Å²) in [4.78, 5) is 28.3. The second-order valence-corrected chi connectivity index (χ2v) is 8.93. The SMILES string of the molecule is Cc1cc(N2C(=O)[C@@H]3C4c5ccccc5C(Br)(c5ccccc54)[C@H]3C2=O)no1. The third-order valence-electron chi connectivity index (χ3n) is 6.36. The molecule has 6 heteroatoms. The van der Waals surface area contributed by atoms with Gasteiger partial charge in [-0.3, -0.25) is 9.59 Å². The molecule has 3 aliphatic carbocycles. The maximum atomic E-state index is 13.6. The van der Waals surface area contributed by atoms with Crippen LogP contribution in [0.3, 0.4) is 0 Å². The van der Waals surface area contributed by atoms with E-state index in [1.807, 2.05) is 24.3 Å². The van der Waals surface area contributed by atoms with Crippen LogP contribution in [0.4, 0.5) is 5.82 Å². The van der Waals surface area contributed by atoms with Crippen LogP contribution in [-0.4, -0.2) is 17.0 Å². The summed E-state index contributed by atoms with van der Waals surface area (Å²) in [7, 11) is 0. The van der Waals surface area contributed by atoms with Gasteiger partial charge in [0, 0.05) is 12.0 Å². The lowest BCUT2D eigenvalue weighted by Gasteiger charge is -2.51. The molecule has 7 rings (SSSR count). The number of benzene rings is 2. The van der Waals surface area contributed by atoms with Crippen LogP contribution in [0.2, 0.25) is 0 Å². The summed E-state index contributed by atoms with van der Waals surface area (Å²) < 4.78 is 4.40. The van der Waals surface area contributed by atoms with Crippen molar-refractivity contribution in [1.29, 1.82) is 0 Å². The maximum Gasteiger partial charge on any atom is 0.241 e. The van der Waals surface area contributed by atoms with Gasteiger partial charge in [0.05, 0.1) is 16.2 Å². The zero-order chi connectivity index (χ0) is 19.2. The summed E-state index contributed by atoms with van der Waals surface area (Å²) in [5, 5.41) is 3.94. The number of aryl methyl sites for hydroxylation is 1. The van der Waals surface area contributed by atoms with Crippen LogP contribution >= 0.6 is 15.9 Å². The standard InChI is InChI=1S/C22H15BrN2O3/c1-11-10-16(24-28-11)25-20(26)18-17-12-6-2-4-8-14(12)22(23,19(18)21(25)27)15-9-5-3-7-13(15)17/h2-10,17-19H,1H3/t17?,18-,19-,22?/m1/s1. The van der Waals surface area contributed by atoms with Crippen molar-refractivity contribution in [1.82, 2.24) is 5.16 Å². The highest BCUT2D eigenvalue weighted by Gasteiger charge is 2.67. The maximum absolute atomic E-state index is 13.6. The van der Waals surface area contributed by atoms with Gasteiger partial charge in [-0.25, -0.2) is 4.90 Å². The number of alkyl halides is 1. The quantitative estimate of drug-likeness (QED) is 0.430. The number of carbonyl (C=O) groups excluding carboxylic acids is 2. The van der Waals surface area contributed by atoms with Crippen molar-refractivity contribution in [2.75, 3.05) is 4.90 Å². The summed E-state index contributed by atoms with van der Waals surface area (Å²) in [6.07, 6.45) is 0. The van der Waals surface area contributed by atoms with Crippen LogP contribution in [0.25, 0.3) is 0 Å². The Balaban J connectivity index is 1.64. The smallest absolute Gasteiger partial charge is 0.241 e. The molecular weight excluding hydrogens is 420 g/mol. The zero-order valence-electron chi connectivity index (χ0n) is 14.9. The minimum atomic E-state index is -0.736. The third-order valence-corrected chi connectivity index (χ3v) is 7.71. The van der Waals surface area contributed by atoms with E-state index in [1.54, 1.807) is 13.0 Å². The highest BCUT2D eigenvalue weighted by atomic mass is 79.9. The molecule has 2 bridgehead atoms. The fraction of sp³-hybridized carbons (Fsp3) is 0.227. The van der Waals surface area contributed by atoms with E-state index in [0.717, 1.165) is 22.3 Å². The number of halogens is 1. The lowest BCUT2D eigenvalue weighted by molar-refractivity contribution is -0.122. The van der Waals surface area contributed by atoms with E-state index in [2.05, 4.69) is 45.4 Å². The molecule has 0 spiro atoms. The van der Waals surface area contributed by atoms with E-state index in [1.165, 1.54) is 4.90 Å². The molecule has 4 aliphatic rings. The fourth-order valence-corrected chi connectivity index (χ4v) is 6.57. The topological polar surface area (TPSA) is 63.4 Å². The van der Waals surface area contributed by atoms with Crippen molar-refractivity contribution in [2.24, 2.45) is 11.8 Å². The number of amides is 2. The molecule has 3 aromatic rings. The van der Waals surface area contributed by atoms with Crippen molar-refractivity contribution >= 4 is 33.6 Å². The number of imide groups is 1. The Morgan fingerprint density at radius 1 is 1.00 bits per heavy atom. The number of aromatic nitrogens is 1. The van der Waals surface area contributed by atoms with Crippen LogP contribution < -0.4 is 4.90 Å². The number of anilines is 1. The normalized spacial score (nSPS) is 29.6. The number of hydrogen-bond acceptors (Lipinski definition) is 4. The Morgan fingerprint density at radius 3 is 2.18 bits per heavy atom. The first-order valence-electron chi connectivity index (χ1n) is 9.22. The molecule has 1 aromatic heterocycles. The predicted molar refractivity (Wildman–Crippen MR) is 105 cm³/mol. The molecule has 0 unspecified atom stereocenters. The van der Waals surface area contributed by atoms with Crippen LogP contribution in [0.1, 0.15) is 33.9 Å². The first-order chi connectivity index (χ1) is 13.5. The largest absolute Gasteiger partial charge is 0.360 e. The van der Waals surface area contributed by atoms with Crippen molar-refractivity contribution in [3.05, 3.63) is 82.6 Å². The van der Waals surface area contributed by atoms with Gasteiger partial charge in [0.1, 0.15) is 5.76 Å². The molecule has 1 saturated heterocycles. The summed E-state index contributed by atoms with van der Waals surface area (Å²) >= 11 is 3.97. The van der Waals surface area contributed by atoms with E-state index >= 15 is 0 Å². The summed E-state index contributed by atoms with van der Waals surface area (Å²) in [5.41, 5.74) is 4.36. The van der Waals surface area contributed by atoms with Gasteiger partial charge >= 0.3 is 0 Å². The molecule has 1 aliphatic heterocycles. The van der Waals surface area contributed by atoms with Gasteiger partial charge in [-0.2, -0.15) is 0 Å². The van der Waals surface area contributed by atoms with E-state index in [0.29, 0.717) is 5.76 Å². The van der Waals surface area contributed by atoms with Gasteiger partial charge in [0.15, 0.2) is 5.82 Å². The van der Waals surface area contributed by atoms with Crippen LogP contribution in [-0.2, 0) is 13.9 Å². The van der Waals surface area contributed by atoms with Crippen molar-refractivity contribution in [3.8, 4) is 0 Å². The molecular formula is C22H15BrN2O3. The highest BCUT2D eigenvalue weighted by Crippen LogP contribution is 2.66. The van der Waals surface area contributed by atoms with E-state index in [4.69, 9.17) is 4.52 Å². The summed E-state index contributed by atoms with van der Waals surface area (Å²) in [5.74, 6) is -0.735. The van der Waals surface area contributed by atoms with Crippen molar-refractivity contribution < 1.29 is 14.1 Å². The minimum absolute atomic E-state index is 0.147. The van der Waals surface area contributed by atoms with Crippen molar-refractivity contribution in [2.45, 2.75) is 17.2 Å². The second-order valence-electron chi connectivity index (χ2n) is 7.68.